The molecule has 0 aliphatic carbocycles. The van der Waals surface area contributed by atoms with Gasteiger partial charge in [-0.05, 0) is 45.4 Å². The van der Waals surface area contributed by atoms with Gasteiger partial charge in [0.2, 0.25) is 0 Å². The molecule has 1 unspecified atom stereocenters. The molecule has 0 saturated carbocycles. The number of nitrogen functional groups attached to an aromatic ring is 1. The number of nitrogens with one attached hydrogen (secondary N) is 1. The molecule has 0 saturated heterocycles. The summed E-state index contributed by atoms with van der Waals surface area (Å²) in [6.45, 7) is 7.07. The second-order valence-corrected chi connectivity index (χ2v) is 6.05. The van der Waals surface area contributed by atoms with E-state index in [-0.39, 0.29) is 24.5 Å². The number of hydrogen-bond donors (Lipinski definition) is 3. The molecule has 0 aliphatic heterocycles. The second kappa shape index (κ2) is 7.71. The number of carbonyl (C=O) groups is 2. The summed E-state index contributed by atoms with van der Waals surface area (Å²) in [5.41, 5.74) is 5.84. The minimum absolute atomic E-state index is 0.0402. The first-order chi connectivity index (χ1) is 10.6. The normalized spacial score (nSPS) is 12.3. The Balaban J connectivity index is 2.85. The van der Waals surface area contributed by atoms with Gasteiger partial charge in [0.05, 0.1) is 12.3 Å². The molecule has 7 nitrogen and oxygen atoms in total. The van der Waals surface area contributed by atoms with E-state index in [2.05, 4.69) is 5.32 Å². The number of aromatic hydroxyl groups is 1. The van der Waals surface area contributed by atoms with Gasteiger partial charge in [-0.2, -0.15) is 0 Å². The molecule has 0 radical (unpaired) electrons. The van der Waals surface area contributed by atoms with Crippen molar-refractivity contribution < 1.29 is 24.2 Å². The van der Waals surface area contributed by atoms with Crippen LogP contribution in [0.25, 0.3) is 0 Å². The highest BCUT2D eigenvalue weighted by atomic mass is 16.6. The number of ether oxygens (including phenoxy) is 2. The van der Waals surface area contributed by atoms with E-state index < -0.39 is 23.7 Å². The Morgan fingerprint density at radius 2 is 2.00 bits per heavy atom. The summed E-state index contributed by atoms with van der Waals surface area (Å²) in [4.78, 5) is 23.9. The van der Waals surface area contributed by atoms with Crippen molar-refractivity contribution in [3.63, 3.8) is 0 Å². The Morgan fingerprint density at radius 1 is 1.35 bits per heavy atom. The predicted molar refractivity (Wildman–Crippen MR) is 86.0 cm³/mol. The Morgan fingerprint density at radius 3 is 2.52 bits per heavy atom. The molecule has 0 fully saturated rings. The van der Waals surface area contributed by atoms with Gasteiger partial charge in [-0.1, -0.05) is 6.07 Å². The largest absolute Gasteiger partial charge is 0.506 e. The summed E-state index contributed by atoms with van der Waals surface area (Å²) in [7, 11) is 0. The average molecular weight is 324 g/mol. The molecule has 7 heteroatoms. The number of phenols is 1. The Kier molecular flexibility index (Phi) is 6.24. The molecule has 1 atom stereocenters. The molecule has 1 amide bonds. The van der Waals surface area contributed by atoms with Crippen molar-refractivity contribution in [1.82, 2.24) is 5.32 Å². The highest BCUT2D eigenvalue weighted by Crippen LogP contribution is 2.21. The minimum Gasteiger partial charge on any atom is -0.506 e. The first-order valence-corrected chi connectivity index (χ1v) is 7.36. The fourth-order valence-corrected chi connectivity index (χ4v) is 1.85. The number of amides is 1. The maximum absolute atomic E-state index is 12.0. The van der Waals surface area contributed by atoms with Gasteiger partial charge in [-0.3, -0.25) is 0 Å². The van der Waals surface area contributed by atoms with Crippen molar-refractivity contribution in [2.75, 3.05) is 12.3 Å². The first-order valence-electron chi connectivity index (χ1n) is 7.36. The minimum atomic E-state index is -0.909. The number of anilines is 1. The number of hydrogen-bond acceptors (Lipinski definition) is 6. The summed E-state index contributed by atoms with van der Waals surface area (Å²) in [6.07, 6.45) is -0.537. The van der Waals surface area contributed by atoms with Gasteiger partial charge in [-0.25, -0.2) is 9.59 Å². The number of nitrogens with two attached hydrogens (primary N) is 1. The van der Waals surface area contributed by atoms with Crippen LogP contribution in [0, 0.1) is 0 Å². The van der Waals surface area contributed by atoms with Crippen molar-refractivity contribution in [1.29, 1.82) is 0 Å². The van der Waals surface area contributed by atoms with Crippen molar-refractivity contribution in [2.45, 2.75) is 45.8 Å². The highest BCUT2D eigenvalue weighted by Gasteiger charge is 2.25. The van der Waals surface area contributed by atoms with Gasteiger partial charge < -0.3 is 25.6 Å². The summed E-state index contributed by atoms with van der Waals surface area (Å²) in [6, 6.07) is 3.68. The van der Waals surface area contributed by atoms with E-state index in [0.717, 1.165) is 0 Å². The van der Waals surface area contributed by atoms with E-state index in [4.69, 9.17) is 15.2 Å². The lowest BCUT2D eigenvalue weighted by atomic mass is 10.0. The second-order valence-electron chi connectivity index (χ2n) is 6.05. The molecule has 4 N–H and O–H groups in total. The van der Waals surface area contributed by atoms with E-state index in [1.54, 1.807) is 39.8 Å². The zero-order valence-corrected chi connectivity index (χ0v) is 13.9. The number of rotatable bonds is 5. The molecule has 0 heterocycles. The molecule has 128 valence electrons. The Labute approximate surface area is 135 Å². The third kappa shape index (κ3) is 6.46. The van der Waals surface area contributed by atoms with Gasteiger partial charge in [-0.15, -0.1) is 0 Å². The van der Waals surface area contributed by atoms with Crippen LogP contribution < -0.4 is 11.1 Å². The molecule has 0 aliphatic rings. The average Bonchev–Trinajstić information content (AvgIpc) is 2.40. The third-order valence-corrected chi connectivity index (χ3v) is 2.79. The molecular formula is C16H24N2O5. The van der Waals surface area contributed by atoms with Crippen molar-refractivity contribution in [2.24, 2.45) is 0 Å². The van der Waals surface area contributed by atoms with Crippen LogP contribution >= 0.6 is 0 Å². The fourth-order valence-electron chi connectivity index (χ4n) is 1.85. The van der Waals surface area contributed by atoms with E-state index in [0.29, 0.717) is 5.56 Å². The van der Waals surface area contributed by atoms with Gasteiger partial charge >= 0.3 is 12.1 Å². The quantitative estimate of drug-likeness (QED) is 0.434. The summed E-state index contributed by atoms with van der Waals surface area (Å²) >= 11 is 0. The van der Waals surface area contributed by atoms with Crippen LogP contribution in [0.4, 0.5) is 10.5 Å². The fraction of sp³-hybridized carbons (Fsp3) is 0.500. The van der Waals surface area contributed by atoms with E-state index >= 15 is 0 Å². The van der Waals surface area contributed by atoms with Crippen LogP contribution in [0.3, 0.4) is 0 Å². The molecule has 0 spiro atoms. The number of esters is 1. The molecule has 0 bridgehead atoms. The van der Waals surface area contributed by atoms with Crippen molar-refractivity contribution >= 4 is 17.7 Å². The van der Waals surface area contributed by atoms with E-state index in [9.17, 15) is 14.7 Å². The van der Waals surface area contributed by atoms with Crippen LogP contribution in [0.2, 0.25) is 0 Å². The lowest BCUT2D eigenvalue weighted by Gasteiger charge is -2.23. The SMILES string of the molecule is CCOC(=O)C(Cc1ccc(O)c(N)c1)NC(=O)OC(C)(C)C. The summed E-state index contributed by atoms with van der Waals surface area (Å²) in [5, 5.41) is 11.9. The zero-order chi connectivity index (χ0) is 17.6. The molecule has 1 rings (SSSR count). The topological polar surface area (TPSA) is 111 Å². The standard InChI is InChI=1S/C16H24N2O5/c1-5-22-14(20)12(18-15(21)23-16(2,3)4)9-10-6-7-13(19)11(17)8-10/h6-8,12,19H,5,9,17H2,1-4H3,(H,18,21). The van der Waals surface area contributed by atoms with Crippen LogP contribution in [0.15, 0.2) is 18.2 Å². The van der Waals surface area contributed by atoms with Gasteiger partial charge in [0.1, 0.15) is 17.4 Å². The van der Waals surface area contributed by atoms with Gasteiger partial charge in [0.25, 0.3) is 0 Å². The van der Waals surface area contributed by atoms with Crippen LogP contribution in [-0.2, 0) is 20.7 Å². The third-order valence-electron chi connectivity index (χ3n) is 2.79. The van der Waals surface area contributed by atoms with Crippen LogP contribution in [-0.4, -0.2) is 35.4 Å². The molecule has 1 aromatic rings. The maximum Gasteiger partial charge on any atom is 0.408 e. The van der Waals surface area contributed by atoms with Crippen molar-refractivity contribution in [3.8, 4) is 5.75 Å². The van der Waals surface area contributed by atoms with Crippen molar-refractivity contribution in [3.05, 3.63) is 23.8 Å². The Bertz CT molecular complexity index is 566. The van der Waals surface area contributed by atoms with Gasteiger partial charge in [0, 0.05) is 6.42 Å². The monoisotopic (exact) mass is 324 g/mol. The number of alkyl carbamates (subject to hydrolysis) is 1. The highest BCUT2D eigenvalue weighted by molar-refractivity contribution is 5.81. The first kappa shape index (κ1) is 18.6. The Hall–Kier alpha value is -2.44. The molecule has 23 heavy (non-hydrogen) atoms. The molecule has 0 aromatic heterocycles. The van der Waals surface area contributed by atoms with Crippen LogP contribution in [0.5, 0.6) is 5.75 Å². The number of carbonyl (C=O) groups excluding carboxylic acids is 2. The smallest absolute Gasteiger partial charge is 0.408 e. The lowest BCUT2D eigenvalue weighted by molar-refractivity contribution is -0.145. The molecular weight excluding hydrogens is 300 g/mol. The van der Waals surface area contributed by atoms with E-state index in [1.165, 1.54) is 6.07 Å². The number of phenolic OH excluding ortho intramolecular Hbond substituents is 1. The van der Waals surface area contributed by atoms with E-state index in [1.807, 2.05) is 0 Å². The zero-order valence-electron chi connectivity index (χ0n) is 13.9. The van der Waals surface area contributed by atoms with Gasteiger partial charge in [0.15, 0.2) is 0 Å². The maximum atomic E-state index is 12.0. The molecule has 1 aromatic carbocycles. The number of benzene rings is 1. The predicted octanol–water partition coefficient (Wildman–Crippen LogP) is 1.97. The lowest BCUT2D eigenvalue weighted by Crippen LogP contribution is -2.45. The summed E-state index contributed by atoms with van der Waals surface area (Å²) in [5.74, 6) is -0.605. The summed E-state index contributed by atoms with van der Waals surface area (Å²) < 4.78 is 10.1. The van der Waals surface area contributed by atoms with Crippen LogP contribution in [0.1, 0.15) is 33.3 Å².